The van der Waals surface area contributed by atoms with Gasteiger partial charge in [-0.25, -0.2) is 9.59 Å². The summed E-state index contributed by atoms with van der Waals surface area (Å²) in [6.45, 7) is 5.32. The van der Waals surface area contributed by atoms with Crippen molar-refractivity contribution < 1.29 is 23.8 Å². The van der Waals surface area contributed by atoms with E-state index in [2.05, 4.69) is 0 Å². The van der Waals surface area contributed by atoms with Gasteiger partial charge >= 0.3 is 12.1 Å². The van der Waals surface area contributed by atoms with Crippen molar-refractivity contribution in [2.24, 2.45) is 0 Å². The molecule has 0 aliphatic rings. The third kappa shape index (κ3) is 3.80. The highest BCUT2D eigenvalue weighted by molar-refractivity contribution is 5.88. The van der Waals surface area contributed by atoms with Crippen molar-refractivity contribution in [3.63, 3.8) is 0 Å². The van der Waals surface area contributed by atoms with Crippen molar-refractivity contribution in [1.29, 1.82) is 0 Å². The number of hydrogen-bond donors (Lipinski definition) is 1. The maximum Gasteiger partial charge on any atom is 0.410 e. The number of carbonyl (C=O) groups is 2. The smallest absolute Gasteiger partial charge is 0.410 e. The number of furan rings is 1. The highest BCUT2D eigenvalue weighted by Crippen LogP contribution is 2.15. The van der Waals surface area contributed by atoms with E-state index in [0.717, 1.165) is 0 Å². The summed E-state index contributed by atoms with van der Waals surface area (Å²) in [5.41, 5.74) is -0.546. The lowest BCUT2D eigenvalue weighted by molar-refractivity contribution is 0.0272. The zero-order valence-corrected chi connectivity index (χ0v) is 10.9. The van der Waals surface area contributed by atoms with Crippen molar-refractivity contribution in [2.75, 3.05) is 7.05 Å². The fourth-order valence-corrected chi connectivity index (χ4v) is 1.27. The van der Waals surface area contributed by atoms with Crippen LogP contribution in [0, 0.1) is 0 Å². The second kappa shape index (κ2) is 5.12. The fraction of sp³-hybridized carbons (Fsp3) is 0.500. The van der Waals surface area contributed by atoms with Crippen LogP contribution >= 0.6 is 0 Å². The molecule has 1 heterocycles. The summed E-state index contributed by atoms with van der Waals surface area (Å²) in [7, 11) is 1.52. The van der Waals surface area contributed by atoms with Gasteiger partial charge in [0.05, 0.1) is 12.8 Å². The minimum atomic E-state index is -1.09. The number of carboxylic acid groups (broad SMARTS) is 1. The standard InChI is InChI=1S/C12H17NO5/c1-12(2,3)18-11(16)13(4)7-9-8(10(14)15)5-6-17-9/h5-6H,7H2,1-4H3,(H,14,15). The van der Waals surface area contributed by atoms with E-state index in [1.54, 1.807) is 20.8 Å². The van der Waals surface area contributed by atoms with Gasteiger partial charge in [-0.15, -0.1) is 0 Å². The summed E-state index contributed by atoms with van der Waals surface area (Å²) >= 11 is 0. The molecule has 0 fully saturated rings. The highest BCUT2D eigenvalue weighted by atomic mass is 16.6. The summed E-state index contributed by atoms with van der Waals surface area (Å²) in [5, 5.41) is 8.90. The van der Waals surface area contributed by atoms with Gasteiger partial charge in [0.1, 0.15) is 16.9 Å². The van der Waals surface area contributed by atoms with Gasteiger partial charge in [0, 0.05) is 7.05 Å². The third-order valence-electron chi connectivity index (χ3n) is 2.06. The summed E-state index contributed by atoms with van der Waals surface area (Å²) in [5.74, 6) is -0.868. The van der Waals surface area contributed by atoms with Crippen LogP contribution in [-0.4, -0.2) is 34.7 Å². The number of carbonyl (C=O) groups excluding carboxylic acids is 1. The van der Waals surface area contributed by atoms with E-state index in [1.165, 1.54) is 24.3 Å². The van der Waals surface area contributed by atoms with Crippen molar-refractivity contribution in [2.45, 2.75) is 32.9 Å². The lowest BCUT2D eigenvalue weighted by Crippen LogP contribution is -2.34. The van der Waals surface area contributed by atoms with Gasteiger partial charge in [-0.05, 0) is 26.8 Å². The molecule has 1 amide bonds. The zero-order chi connectivity index (χ0) is 13.9. The first-order valence-electron chi connectivity index (χ1n) is 5.44. The van der Waals surface area contributed by atoms with Crippen LogP contribution in [0.3, 0.4) is 0 Å². The molecule has 100 valence electrons. The highest BCUT2D eigenvalue weighted by Gasteiger charge is 2.22. The van der Waals surface area contributed by atoms with Crippen molar-refractivity contribution in [1.82, 2.24) is 4.90 Å². The quantitative estimate of drug-likeness (QED) is 0.896. The molecule has 0 spiro atoms. The SMILES string of the molecule is CN(Cc1occc1C(=O)O)C(=O)OC(C)(C)C. The maximum atomic E-state index is 11.7. The van der Waals surface area contributed by atoms with E-state index in [1.807, 2.05) is 0 Å². The molecule has 1 N–H and O–H groups in total. The van der Waals surface area contributed by atoms with Crippen LogP contribution in [0.5, 0.6) is 0 Å². The topological polar surface area (TPSA) is 80.0 Å². The van der Waals surface area contributed by atoms with Gasteiger partial charge in [0.2, 0.25) is 0 Å². The first-order valence-corrected chi connectivity index (χ1v) is 5.44. The molecular formula is C12H17NO5. The molecular weight excluding hydrogens is 238 g/mol. The summed E-state index contributed by atoms with van der Waals surface area (Å²) in [4.78, 5) is 23.8. The number of aromatic carboxylic acids is 1. The monoisotopic (exact) mass is 255 g/mol. The van der Waals surface area contributed by atoms with Crippen LogP contribution in [0.15, 0.2) is 16.7 Å². The van der Waals surface area contributed by atoms with E-state index in [-0.39, 0.29) is 17.9 Å². The maximum absolute atomic E-state index is 11.7. The molecule has 0 aromatic carbocycles. The second-order valence-corrected chi connectivity index (χ2v) is 4.90. The van der Waals surface area contributed by atoms with E-state index in [0.29, 0.717) is 0 Å². The number of hydrogen-bond acceptors (Lipinski definition) is 4. The Morgan fingerprint density at radius 3 is 2.56 bits per heavy atom. The Hall–Kier alpha value is -1.98. The van der Waals surface area contributed by atoms with Crippen LogP contribution in [-0.2, 0) is 11.3 Å². The predicted molar refractivity (Wildman–Crippen MR) is 63.4 cm³/mol. The van der Waals surface area contributed by atoms with Crippen LogP contribution in [0.2, 0.25) is 0 Å². The number of ether oxygens (including phenoxy) is 1. The number of carboxylic acids is 1. The Morgan fingerprint density at radius 2 is 2.06 bits per heavy atom. The minimum Gasteiger partial charge on any atom is -0.478 e. The Balaban J connectivity index is 2.70. The Labute approximate surface area is 105 Å². The molecule has 0 aliphatic heterocycles. The van der Waals surface area contributed by atoms with E-state index in [9.17, 15) is 9.59 Å². The molecule has 1 aromatic rings. The molecule has 0 saturated heterocycles. The largest absolute Gasteiger partial charge is 0.478 e. The molecule has 6 nitrogen and oxygen atoms in total. The Morgan fingerprint density at radius 1 is 1.44 bits per heavy atom. The van der Waals surface area contributed by atoms with Crippen LogP contribution in [0.4, 0.5) is 4.79 Å². The summed E-state index contributed by atoms with van der Waals surface area (Å²) < 4.78 is 10.2. The first-order chi connectivity index (χ1) is 8.20. The van der Waals surface area contributed by atoms with Gasteiger partial charge in [-0.1, -0.05) is 0 Å². The van der Waals surface area contributed by atoms with Crippen LogP contribution in [0.25, 0.3) is 0 Å². The van der Waals surface area contributed by atoms with Gasteiger partial charge in [0.25, 0.3) is 0 Å². The second-order valence-electron chi connectivity index (χ2n) is 4.90. The molecule has 0 bridgehead atoms. The van der Waals surface area contributed by atoms with Crippen molar-refractivity contribution in [3.8, 4) is 0 Å². The van der Waals surface area contributed by atoms with Crippen molar-refractivity contribution >= 4 is 12.1 Å². The van der Waals surface area contributed by atoms with Crippen LogP contribution in [0.1, 0.15) is 36.9 Å². The summed E-state index contributed by atoms with van der Waals surface area (Å²) in [6.07, 6.45) is 0.747. The third-order valence-corrected chi connectivity index (χ3v) is 2.06. The van der Waals surface area contributed by atoms with Crippen LogP contribution < -0.4 is 0 Å². The molecule has 1 aromatic heterocycles. The van der Waals surface area contributed by atoms with Gasteiger partial charge in [-0.3, -0.25) is 0 Å². The number of nitrogens with zero attached hydrogens (tertiary/aromatic N) is 1. The van der Waals surface area contributed by atoms with Gasteiger partial charge in [-0.2, -0.15) is 0 Å². The lowest BCUT2D eigenvalue weighted by Gasteiger charge is -2.24. The lowest BCUT2D eigenvalue weighted by atomic mass is 10.2. The molecule has 6 heteroatoms. The van der Waals surface area contributed by atoms with Crippen molar-refractivity contribution in [3.05, 3.63) is 23.7 Å². The van der Waals surface area contributed by atoms with Gasteiger partial charge in [0.15, 0.2) is 0 Å². The van der Waals surface area contributed by atoms with E-state index in [4.69, 9.17) is 14.3 Å². The molecule has 0 radical (unpaired) electrons. The Bertz CT molecular complexity index is 444. The average Bonchev–Trinajstić information content (AvgIpc) is 2.62. The number of rotatable bonds is 3. The normalized spacial score (nSPS) is 11.1. The molecule has 1 rings (SSSR count). The Kier molecular flexibility index (Phi) is 4.00. The van der Waals surface area contributed by atoms with E-state index < -0.39 is 17.7 Å². The molecule has 0 aliphatic carbocycles. The first kappa shape index (κ1) is 14.1. The molecule has 18 heavy (non-hydrogen) atoms. The fourth-order valence-electron chi connectivity index (χ4n) is 1.27. The van der Waals surface area contributed by atoms with E-state index >= 15 is 0 Å². The molecule has 0 atom stereocenters. The average molecular weight is 255 g/mol. The van der Waals surface area contributed by atoms with Gasteiger partial charge < -0.3 is 19.2 Å². The minimum absolute atomic E-state index is 0.0452. The molecule has 0 saturated carbocycles. The summed E-state index contributed by atoms with van der Waals surface area (Å²) in [6, 6.07) is 1.35. The predicted octanol–water partition coefficient (Wildman–Crippen LogP) is 2.34. The zero-order valence-electron chi connectivity index (χ0n) is 10.9. The molecule has 0 unspecified atom stereocenters. The number of amides is 1.